The molecule has 0 fully saturated rings. The Morgan fingerprint density at radius 3 is 2.87 bits per heavy atom. The van der Waals surface area contributed by atoms with Crippen molar-refractivity contribution >= 4 is 17.4 Å². The Hall–Kier alpha value is -0.870. The molecule has 1 heterocycles. The summed E-state index contributed by atoms with van der Waals surface area (Å²) < 4.78 is 5.54. The Labute approximate surface area is 95.0 Å². The molecule has 0 aliphatic carbocycles. The van der Waals surface area contributed by atoms with E-state index < -0.39 is 0 Å². The lowest BCUT2D eigenvalue weighted by Crippen LogP contribution is -2.33. The van der Waals surface area contributed by atoms with Crippen molar-refractivity contribution in [3.63, 3.8) is 0 Å². The van der Waals surface area contributed by atoms with Gasteiger partial charge in [0.2, 0.25) is 5.28 Å². The molecule has 0 saturated heterocycles. The average Bonchev–Trinajstić information content (AvgIpc) is 2.15. The predicted octanol–water partition coefficient (Wildman–Crippen LogP) is 2.36. The molecule has 4 nitrogen and oxygen atoms in total. The maximum Gasteiger partial charge on any atom is 0.224 e. The van der Waals surface area contributed by atoms with E-state index in [0.29, 0.717) is 19.0 Å². The third kappa shape index (κ3) is 4.44. The van der Waals surface area contributed by atoms with Crippen LogP contribution in [0.1, 0.15) is 20.8 Å². The molecule has 0 aliphatic heterocycles. The lowest BCUT2D eigenvalue weighted by atomic mass is 10.1. The van der Waals surface area contributed by atoms with E-state index in [4.69, 9.17) is 16.3 Å². The topological polar surface area (TPSA) is 47.0 Å². The number of hydrogen-bond acceptors (Lipinski definition) is 4. The molecule has 0 unspecified atom stereocenters. The molecule has 0 aliphatic rings. The maximum atomic E-state index is 5.66. The van der Waals surface area contributed by atoms with E-state index in [0.717, 1.165) is 0 Å². The summed E-state index contributed by atoms with van der Waals surface area (Å²) >= 11 is 5.66. The Morgan fingerprint density at radius 1 is 1.53 bits per heavy atom. The van der Waals surface area contributed by atoms with Gasteiger partial charge < -0.3 is 10.1 Å². The molecular weight excluding hydrogens is 214 g/mol. The van der Waals surface area contributed by atoms with Gasteiger partial charge in [0.15, 0.2) is 0 Å². The molecule has 0 atom stereocenters. The molecule has 0 radical (unpaired) electrons. The highest BCUT2D eigenvalue weighted by Gasteiger charge is 2.17. The fourth-order valence-corrected chi connectivity index (χ4v) is 1.33. The minimum atomic E-state index is -0.216. The van der Waals surface area contributed by atoms with E-state index in [9.17, 15) is 0 Å². The smallest absolute Gasteiger partial charge is 0.224 e. The highest BCUT2D eigenvalue weighted by molar-refractivity contribution is 6.28. The second-order valence-corrected chi connectivity index (χ2v) is 4.10. The molecule has 1 N–H and O–H groups in total. The molecule has 15 heavy (non-hydrogen) atoms. The number of halogens is 1. The molecule has 84 valence electrons. The molecule has 1 rings (SSSR count). The monoisotopic (exact) mass is 229 g/mol. The van der Waals surface area contributed by atoms with Crippen molar-refractivity contribution in [1.82, 2.24) is 9.97 Å². The number of rotatable bonds is 5. The van der Waals surface area contributed by atoms with Crippen LogP contribution in [0.2, 0.25) is 5.28 Å². The zero-order valence-electron chi connectivity index (χ0n) is 9.25. The van der Waals surface area contributed by atoms with Crippen molar-refractivity contribution in [3.05, 3.63) is 17.5 Å². The molecule has 0 amide bonds. The van der Waals surface area contributed by atoms with Gasteiger partial charge in [-0.05, 0) is 38.4 Å². The number of anilines is 1. The van der Waals surface area contributed by atoms with Crippen LogP contribution in [0, 0.1) is 0 Å². The maximum absolute atomic E-state index is 5.66. The van der Waals surface area contributed by atoms with E-state index >= 15 is 0 Å². The molecule has 0 bridgehead atoms. The van der Waals surface area contributed by atoms with E-state index in [1.807, 2.05) is 20.8 Å². The number of hydrogen-bond donors (Lipinski definition) is 1. The summed E-state index contributed by atoms with van der Waals surface area (Å²) in [5.74, 6) is 0.711. The second-order valence-electron chi connectivity index (χ2n) is 3.76. The first-order valence-electron chi connectivity index (χ1n) is 4.90. The van der Waals surface area contributed by atoms with E-state index in [-0.39, 0.29) is 10.9 Å². The van der Waals surface area contributed by atoms with Crippen LogP contribution in [0.4, 0.5) is 5.82 Å². The summed E-state index contributed by atoms with van der Waals surface area (Å²) in [6.07, 6.45) is 1.62. The van der Waals surface area contributed by atoms with Gasteiger partial charge >= 0.3 is 0 Å². The summed E-state index contributed by atoms with van der Waals surface area (Å²) in [4.78, 5) is 7.83. The zero-order valence-corrected chi connectivity index (χ0v) is 10.0. The van der Waals surface area contributed by atoms with Crippen LogP contribution in [0.5, 0.6) is 0 Å². The Morgan fingerprint density at radius 2 is 2.27 bits per heavy atom. The standard InChI is InChI=1S/C10H16ClN3O/c1-4-15-10(2,3)7-13-8-5-6-12-9(11)14-8/h5-6H,4,7H2,1-3H3,(H,12,13,14). The number of nitrogens with zero attached hydrogens (tertiary/aromatic N) is 2. The van der Waals surface area contributed by atoms with Crippen molar-refractivity contribution in [2.75, 3.05) is 18.5 Å². The first-order chi connectivity index (χ1) is 7.03. The normalized spacial score (nSPS) is 11.5. The van der Waals surface area contributed by atoms with Crippen LogP contribution in [-0.4, -0.2) is 28.7 Å². The van der Waals surface area contributed by atoms with Crippen molar-refractivity contribution < 1.29 is 4.74 Å². The molecule has 1 aromatic rings. The number of aromatic nitrogens is 2. The minimum absolute atomic E-state index is 0.216. The molecule has 0 spiro atoms. The van der Waals surface area contributed by atoms with Gasteiger partial charge in [-0.1, -0.05) is 0 Å². The summed E-state index contributed by atoms with van der Waals surface area (Å²) in [5, 5.41) is 3.39. The molecule has 1 aromatic heterocycles. The summed E-state index contributed by atoms with van der Waals surface area (Å²) in [5.41, 5.74) is -0.216. The quantitative estimate of drug-likeness (QED) is 0.788. The van der Waals surface area contributed by atoms with Gasteiger partial charge in [-0.15, -0.1) is 0 Å². The third-order valence-electron chi connectivity index (χ3n) is 1.86. The molecule has 0 aromatic carbocycles. The second kappa shape index (κ2) is 5.28. The van der Waals surface area contributed by atoms with Crippen LogP contribution in [0.3, 0.4) is 0 Å². The van der Waals surface area contributed by atoms with Gasteiger partial charge in [-0.2, -0.15) is 0 Å². The number of ether oxygens (including phenoxy) is 1. The highest BCUT2D eigenvalue weighted by Crippen LogP contribution is 2.11. The largest absolute Gasteiger partial charge is 0.374 e. The lowest BCUT2D eigenvalue weighted by molar-refractivity contribution is 0.000641. The zero-order chi connectivity index (χ0) is 11.3. The lowest BCUT2D eigenvalue weighted by Gasteiger charge is -2.25. The van der Waals surface area contributed by atoms with Gasteiger partial charge in [0.1, 0.15) is 5.82 Å². The van der Waals surface area contributed by atoms with Crippen molar-refractivity contribution in [3.8, 4) is 0 Å². The van der Waals surface area contributed by atoms with Crippen LogP contribution < -0.4 is 5.32 Å². The Bertz CT molecular complexity index is 317. The van der Waals surface area contributed by atoms with Gasteiger partial charge in [0, 0.05) is 19.3 Å². The summed E-state index contributed by atoms with van der Waals surface area (Å²) in [6, 6.07) is 1.77. The Balaban J connectivity index is 2.49. The number of nitrogens with one attached hydrogen (secondary N) is 1. The molecule has 5 heteroatoms. The third-order valence-corrected chi connectivity index (χ3v) is 2.04. The van der Waals surface area contributed by atoms with Crippen molar-refractivity contribution in [1.29, 1.82) is 0 Å². The van der Waals surface area contributed by atoms with Gasteiger partial charge in [-0.3, -0.25) is 0 Å². The van der Waals surface area contributed by atoms with Gasteiger partial charge in [-0.25, -0.2) is 9.97 Å². The Kier molecular flexibility index (Phi) is 4.29. The van der Waals surface area contributed by atoms with E-state index in [2.05, 4.69) is 15.3 Å². The van der Waals surface area contributed by atoms with Crippen molar-refractivity contribution in [2.45, 2.75) is 26.4 Å². The van der Waals surface area contributed by atoms with Crippen LogP contribution in [0.25, 0.3) is 0 Å². The van der Waals surface area contributed by atoms with Crippen LogP contribution in [-0.2, 0) is 4.74 Å². The molecular formula is C10H16ClN3O. The summed E-state index contributed by atoms with van der Waals surface area (Å²) in [6.45, 7) is 7.38. The first-order valence-corrected chi connectivity index (χ1v) is 5.27. The SMILES string of the molecule is CCOC(C)(C)CNc1ccnc(Cl)n1. The first kappa shape index (κ1) is 12.2. The van der Waals surface area contributed by atoms with Gasteiger partial charge in [0.25, 0.3) is 0 Å². The van der Waals surface area contributed by atoms with E-state index in [1.54, 1.807) is 12.3 Å². The van der Waals surface area contributed by atoms with Crippen molar-refractivity contribution in [2.24, 2.45) is 0 Å². The average molecular weight is 230 g/mol. The minimum Gasteiger partial charge on any atom is -0.374 e. The van der Waals surface area contributed by atoms with Crippen LogP contribution >= 0.6 is 11.6 Å². The predicted molar refractivity (Wildman–Crippen MR) is 61.2 cm³/mol. The van der Waals surface area contributed by atoms with Crippen LogP contribution in [0.15, 0.2) is 12.3 Å². The molecule has 0 saturated carbocycles. The fourth-order valence-electron chi connectivity index (χ4n) is 1.18. The van der Waals surface area contributed by atoms with E-state index in [1.165, 1.54) is 0 Å². The highest BCUT2D eigenvalue weighted by atomic mass is 35.5. The fraction of sp³-hybridized carbons (Fsp3) is 0.600. The van der Waals surface area contributed by atoms with Gasteiger partial charge in [0.05, 0.1) is 5.60 Å². The summed E-state index contributed by atoms with van der Waals surface area (Å²) in [7, 11) is 0.